The fourth-order valence-electron chi connectivity index (χ4n) is 8.25. The van der Waals surface area contributed by atoms with Gasteiger partial charge in [-0.15, -0.1) is 10.2 Å². The second kappa shape index (κ2) is 11.0. The number of carbonyl (C=O) groups is 2. The van der Waals surface area contributed by atoms with Crippen LogP contribution in [0.2, 0.25) is 0 Å². The number of fused-ring (bicyclic) bond motifs is 1. The molecule has 41 heavy (non-hydrogen) atoms. The van der Waals surface area contributed by atoms with E-state index in [1.165, 1.54) is 0 Å². The van der Waals surface area contributed by atoms with E-state index in [0.717, 1.165) is 50.8 Å². The van der Waals surface area contributed by atoms with E-state index in [-0.39, 0.29) is 50.6 Å². The van der Waals surface area contributed by atoms with Crippen LogP contribution in [-0.4, -0.2) is 31.8 Å². The zero-order valence-corrected chi connectivity index (χ0v) is 27.9. The van der Waals surface area contributed by atoms with Crippen LogP contribution in [0.4, 0.5) is 0 Å². The molecule has 1 aromatic heterocycles. The number of hydrogen-bond acceptors (Lipinski definition) is 6. The Kier molecular flexibility index (Phi) is 8.93. The standard InChI is InChI=1S/C34H55N5O2/c1-13-29(3,4)16-18-32(9,28-36-38-39(12)37-28)19-17-30(5,6)34(11)15-14-25-31(7,8)27(41)24(22-35)21-33(25,10)26(34)20-23(2)40/h21,25-26H,13-20H2,1-12H3/t25-,26+,32-,33-,34+/m0/s1. The molecule has 1 aromatic rings. The molecule has 0 bridgehead atoms. The van der Waals surface area contributed by atoms with E-state index < -0.39 is 10.8 Å². The summed E-state index contributed by atoms with van der Waals surface area (Å²) in [5, 5.41) is 23.3. The number of aryl methyl sites for hydroxylation is 1. The smallest absolute Gasteiger partial charge is 0.180 e. The highest BCUT2D eigenvalue weighted by Crippen LogP contribution is 2.68. The topological polar surface area (TPSA) is 102 Å². The van der Waals surface area contributed by atoms with Crippen LogP contribution in [0.1, 0.15) is 133 Å². The molecule has 0 amide bonds. The van der Waals surface area contributed by atoms with Gasteiger partial charge in [0.25, 0.3) is 0 Å². The highest BCUT2D eigenvalue weighted by Gasteiger charge is 2.63. The van der Waals surface area contributed by atoms with Gasteiger partial charge >= 0.3 is 0 Å². The summed E-state index contributed by atoms with van der Waals surface area (Å²) >= 11 is 0. The van der Waals surface area contributed by atoms with Crippen molar-refractivity contribution in [3.8, 4) is 6.07 Å². The van der Waals surface area contributed by atoms with Crippen LogP contribution in [0.25, 0.3) is 0 Å². The summed E-state index contributed by atoms with van der Waals surface area (Å²) in [6, 6.07) is 2.21. The molecular formula is C34H55N5O2. The quantitative estimate of drug-likeness (QED) is 0.274. The summed E-state index contributed by atoms with van der Waals surface area (Å²) < 4.78 is 0. The number of Topliss-reactive ketones (excluding diaryl/α,β-unsaturated/α-hetero) is 2. The molecule has 228 valence electrons. The van der Waals surface area contributed by atoms with Gasteiger partial charge in [-0.1, -0.05) is 81.7 Å². The van der Waals surface area contributed by atoms with Crippen molar-refractivity contribution in [3.05, 3.63) is 17.5 Å². The van der Waals surface area contributed by atoms with Crippen LogP contribution in [0, 0.1) is 50.2 Å². The van der Waals surface area contributed by atoms with Crippen LogP contribution in [0.5, 0.6) is 0 Å². The normalized spacial score (nSPS) is 29.7. The van der Waals surface area contributed by atoms with E-state index >= 15 is 0 Å². The van der Waals surface area contributed by atoms with E-state index in [1.54, 1.807) is 11.7 Å². The van der Waals surface area contributed by atoms with Gasteiger partial charge in [0, 0.05) is 17.3 Å². The Morgan fingerprint density at radius 2 is 1.71 bits per heavy atom. The van der Waals surface area contributed by atoms with Crippen LogP contribution >= 0.6 is 0 Å². The van der Waals surface area contributed by atoms with Crippen molar-refractivity contribution in [1.82, 2.24) is 20.2 Å². The summed E-state index contributed by atoms with van der Waals surface area (Å²) in [7, 11) is 1.82. The van der Waals surface area contributed by atoms with E-state index in [4.69, 9.17) is 0 Å². The molecule has 7 heteroatoms. The molecule has 0 unspecified atom stereocenters. The Balaban J connectivity index is 2.03. The lowest BCUT2D eigenvalue weighted by molar-refractivity contribution is -0.155. The number of tetrazole rings is 1. The summed E-state index contributed by atoms with van der Waals surface area (Å²) in [5.41, 5.74) is -1.12. The molecule has 1 saturated carbocycles. The molecule has 0 N–H and O–H groups in total. The first-order valence-electron chi connectivity index (χ1n) is 15.6. The van der Waals surface area contributed by atoms with E-state index in [2.05, 4.69) is 76.9 Å². The molecule has 0 spiro atoms. The van der Waals surface area contributed by atoms with Gasteiger partial charge in [-0.25, -0.2) is 0 Å². The van der Waals surface area contributed by atoms with Crippen molar-refractivity contribution < 1.29 is 9.59 Å². The van der Waals surface area contributed by atoms with Crippen LogP contribution in [0.3, 0.4) is 0 Å². The summed E-state index contributed by atoms with van der Waals surface area (Å²) in [4.78, 5) is 27.7. The maximum atomic E-state index is 13.3. The molecular weight excluding hydrogens is 510 g/mol. The van der Waals surface area contributed by atoms with Gasteiger partial charge < -0.3 is 4.79 Å². The molecule has 3 rings (SSSR count). The lowest BCUT2D eigenvalue weighted by Crippen LogP contribution is -2.60. The van der Waals surface area contributed by atoms with Crippen LogP contribution < -0.4 is 0 Å². The number of carbonyl (C=O) groups excluding carboxylic acids is 2. The number of rotatable bonds is 11. The van der Waals surface area contributed by atoms with Gasteiger partial charge in [0.2, 0.25) is 0 Å². The minimum atomic E-state index is -0.641. The molecule has 0 aliphatic heterocycles. The van der Waals surface area contributed by atoms with Crippen molar-refractivity contribution in [3.63, 3.8) is 0 Å². The third-order valence-corrected chi connectivity index (χ3v) is 12.2. The first-order valence-corrected chi connectivity index (χ1v) is 15.6. The van der Waals surface area contributed by atoms with Crippen molar-refractivity contribution >= 4 is 11.6 Å². The van der Waals surface area contributed by atoms with Gasteiger partial charge in [0.1, 0.15) is 11.9 Å². The van der Waals surface area contributed by atoms with Crippen molar-refractivity contribution in [1.29, 1.82) is 5.26 Å². The molecule has 1 fully saturated rings. The number of ketones is 2. The maximum absolute atomic E-state index is 13.3. The predicted molar refractivity (Wildman–Crippen MR) is 163 cm³/mol. The fourth-order valence-corrected chi connectivity index (χ4v) is 8.25. The summed E-state index contributed by atoms with van der Waals surface area (Å²) in [6.45, 7) is 24.2. The van der Waals surface area contributed by atoms with Gasteiger partial charge in [-0.2, -0.15) is 10.1 Å². The fraction of sp³-hybridized carbons (Fsp3) is 0.824. The molecule has 0 aromatic carbocycles. The first-order chi connectivity index (χ1) is 18.7. The van der Waals surface area contributed by atoms with Crippen molar-refractivity contribution in [2.24, 2.45) is 46.0 Å². The molecule has 1 heterocycles. The van der Waals surface area contributed by atoms with E-state index in [1.807, 2.05) is 27.0 Å². The molecule has 2 aliphatic rings. The van der Waals surface area contributed by atoms with Crippen LogP contribution in [0.15, 0.2) is 11.6 Å². The largest absolute Gasteiger partial charge is 0.300 e. The Morgan fingerprint density at radius 1 is 1.10 bits per heavy atom. The average molecular weight is 566 g/mol. The molecule has 2 aliphatic carbocycles. The number of nitrogens with zero attached hydrogens (tertiary/aromatic N) is 5. The SMILES string of the molecule is CCC(C)(C)CC[C@@](C)(CCC(C)(C)[C@]1(C)CC[C@H]2C(C)(C)C(=O)C(C#N)=C[C@]2(C)[C@H]1CC(C)=O)c1nnn(C)n1. The average Bonchev–Trinajstić information content (AvgIpc) is 3.33. The third kappa shape index (κ3) is 5.95. The third-order valence-electron chi connectivity index (χ3n) is 12.2. The molecule has 7 nitrogen and oxygen atoms in total. The van der Waals surface area contributed by atoms with Gasteiger partial charge in [0.05, 0.1) is 12.6 Å². The van der Waals surface area contributed by atoms with Gasteiger partial charge in [-0.05, 0) is 84.2 Å². The molecule has 5 atom stereocenters. The zero-order chi connectivity index (χ0) is 31.2. The first kappa shape index (κ1) is 33.1. The predicted octanol–water partition coefficient (Wildman–Crippen LogP) is 7.57. The summed E-state index contributed by atoms with van der Waals surface area (Å²) in [5.74, 6) is 0.998. The lowest BCUT2D eigenvalue weighted by Gasteiger charge is -2.64. The number of aromatic nitrogens is 4. The van der Waals surface area contributed by atoms with Gasteiger partial charge in [0.15, 0.2) is 11.6 Å². The van der Waals surface area contributed by atoms with Crippen LogP contribution in [-0.2, 0) is 22.1 Å². The summed E-state index contributed by atoms with van der Waals surface area (Å²) in [6.07, 6.45) is 9.26. The second-order valence-corrected chi connectivity index (χ2v) is 16.1. The maximum Gasteiger partial charge on any atom is 0.180 e. The zero-order valence-electron chi connectivity index (χ0n) is 27.9. The minimum absolute atomic E-state index is 0.0110. The number of hydrogen-bond donors (Lipinski definition) is 0. The van der Waals surface area contributed by atoms with E-state index in [9.17, 15) is 14.9 Å². The molecule has 0 saturated heterocycles. The Hall–Kier alpha value is -2.36. The second-order valence-electron chi connectivity index (χ2n) is 16.1. The molecule has 0 radical (unpaired) electrons. The highest BCUT2D eigenvalue weighted by atomic mass is 16.1. The Labute approximate surface area is 248 Å². The monoisotopic (exact) mass is 565 g/mol. The highest BCUT2D eigenvalue weighted by molar-refractivity contribution is 6.04. The Bertz CT molecular complexity index is 1230. The number of allylic oxidation sites excluding steroid dienone is 2. The lowest BCUT2D eigenvalue weighted by atomic mass is 9.39. The minimum Gasteiger partial charge on any atom is -0.300 e. The van der Waals surface area contributed by atoms with Gasteiger partial charge in [-0.3, -0.25) is 4.79 Å². The number of nitriles is 1. The van der Waals surface area contributed by atoms with E-state index in [0.29, 0.717) is 6.42 Å². The Morgan fingerprint density at radius 3 is 2.22 bits per heavy atom. The van der Waals surface area contributed by atoms with Crippen molar-refractivity contribution in [2.75, 3.05) is 0 Å². The van der Waals surface area contributed by atoms with Crippen molar-refractivity contribution in [2.45, 2.75) is 133 Å².